The summed E-state index contributed by atoms with van der Waals surface area (Å²) in [5.74, 6) is -3.33. The van der Waals surface area contributed by atoms with E-state index < -0.39 is 65.0 Å². The molecule has 2 aromatic rings. The van der Waals surface area contributed by atoms with E-state index in [0.29, 0.717) is 12.1 Å². The highest BCUT2D eigenvalue weighted by atomic mass is 19.4. The van der Waals surface area contributed by atoms with E-state index in [-0.39, 0.29) is 5.56 Å². The van der Waals surface area contributed by atoms with E-state index in [4.69, 9.17) is 0 Å². The number of aromatic amines is 1. The van der Waals surface area contributed by atoms with Crippen molar-refractivity contribution in [3.05, 3.63) is 51.2 Å². The van der Waals surface area contributed by atoms with Gasteiger partial charge in [0.1, 0.15) is 17.3 Å². The lowest BCUT2D eigenvalue weighted by Crippen LogP contribution is -2.27. The third-order valence-corrected chi connectivity index (χ3v) is 3.73. The Morgan fingerprint density at radius 2 is 1.89 bits per heavy atom. The SMILES string of the molecule is CC(C)C(=O)NCc1ccc(C(F)(F)F)c(-c2nc(C(F)F)cc(=O)[nH]2)c1F. The van der Waals surface area contributed by atoms with Crippen LogP contribution in [0.1, 0.15) is 37.1 Å². The van der Waals surface area contributed by atoms with E-state index >= 15 is 0 Å². The number of aromatic nitrogens is 2. The minimum absolute atomic E-state index is 0.331. The molecule has 2 N–H and O–H groups in total. The van der Waals surface area contributed by atoms with Gasteiger partial charge in [-0.05, 0) is 6.07 Å². The Balaban J connectivity index is 2.65. The van der Waals surface area contributed by atoms with Crippen LogP contribution in [-0.4, -0.2) is 15.9 Å². The van der Waals surface area contributed by atoms with E-state index in [1.165, 1.54) is 0 Å². The van der Waals surface area contributed by atoms with Crippen molar-refractivity contribution in [2.45, 2.75) is 33.0 Å². The number of nitrogens with one attached hydrogen (secondary N) is 2. The summed E-state index contributed by atoms with van der Waals surface area (Å²) < 4.78 is 80.6. The molecule has 0 radical (unpaired) electrons. The average molecular weight is 407 g/mol. The van der Waals surface area contributed by atoms with Crippen molar-refractivity contribution >= 4 is 5.91 Å². The molecule has 0 unspecified atom stereocenters. The first-order valence-corrected chi connectivity index (χ1v) is 7.98. The van der Waals surface area contributed by atoms with Gasteiger partial charge in [0, 0.05) is 24.1 Å². The summed E-state index contributed by atoms with van der Waals surface area (Å²) in [6, 6.07) is 1.76. The molecule has 152 valence electrons. The normalized spacial score (nSPS) is 11.9. The van der Waals surface area contributed by atoms with Crippen LogP contribution in [0.15, 0.2) is 23.0 Å². The van der Waals surface area contributed by atoms with Crippen LogP contribution in [-0.2, 0) is 17.5 Å². The number of hydrogen-bond acceptors (Lipinski definition) is 3. The zero-order valence-corrected chi connectivity index (χ0v) is 14.6. The molecule has 2 rings (SSSR count). The first-order chi connectivity index (χ1) is 12.9. The van der Waals surface area contributed by atoms with Crippen LogP contribution in [0.5, 0.6) is 0 Å². The molecule has 0 saturated heterocycles. The zero-order chi connectivity index (χ0) is 21.2. The van der Waals surface area contributed by atoms with Gasteiger partial charge in [0.05, 0.1) is 11.1 Å². The van der Waals surface area contributed by atoms with E-state index in [1.807, 2.05) is 4.98 Å². The quantitative estimate of drug-likeness (QED) is 0.741. The maximum absolute atomic E-state index is 14.9. The Morgan fingerprint density at radius 1 is 1.25 bits per heavy atom. The summed E-state index contributed by atoms with van der Waals surface area (Å²) in [6.45, 7) is 2.69. The van der Waals surface area contributed by atoms with Gasteiger partial charge in [0.25, 0.3) is 12.0 Å². The highest BCUT2D eigenvalue weighted by Gasteiger charge is 2.37. The van der Waals surface area contributed by atoms with Gasteiger partial charge < -0.3 is 10.3 Å². The summed E-state index contributed by atoms with van der Waals surface area (Å²) in [6.07, 6.45) is -8.29. The maximum atomic E-state index is 14.9. The topological polar surface area (TPSA) is 74.8 Å². The fraction of sp³-hybridized carbons (Fsp3) is 0.353. The number of alkyl halides is 5. The average Bonchev–Trinajstić information content (AvgIpc) is 2.58. The van der Waals surface area contributed by atoms with Crippen LogP contribution in [0, 0.1) is 11.7 Å². The molecule has 0 bridgehead atoms. The number of halogens is 6. The number of amides is 1. The van der Waals surface area contributed by atoms with Gasteiger partial charge in [0.15, 0.2) is 0 Å². The highest BCUT2D eigenvalue weighted by molar-refractivity contribution is 5.77. The Kier molecular flexibility index (Phi) is 6.15. The van der Waals surface area contributed by atoms with Crippen LogP contribution in [0.3, 0.4) is 0 Å². The van der Waals surface area contributed by atoms with Gasteiger partial charge in [-0.3, -0.25) is 9.59 Å². The molecule has 0 atom stereocenters. The van der Waals surface area contributed by atoms with Gasteiger partial charge in [0.2, 0.25) is 5.91 Å². The van der Waals surface area contributed by atoms with E-state index in [2.05, 4.69) is 10.3 Å². The molecule has 0 fully saturated rings. The summed E-state index contributed by atoms with van der Waals surface area (Å²) in [5.41, 5.74) is -5.26. The van der Waals surface area contributed by atoms with Crippen molar-refractivity contribution < 1.29 is 31.1 Å². The fourth-order valence-electron chi connectivity index (χ4n) is 2.32. The molecular formula is C17H15F6N3O2. The number of nitrogens with zero attached hydrogens (tertiary/aromatic N) is 1. The Morgan fingerprint density at radius 3 is 2.43 bits per heavy atom. The number of benzene rings is 1. The Bertz CT molecular complexity index is 937. The molecule has 1 heterocycles. The van der Waals surface area contributed by atoms with Crippen LogP contribution < -0.4 is 10.9 Å². The molecule has 0 aliphatic rings. The molecular weight excluding hydrogens is 392 g/mol. The molecule has 11 heteroatoms. The van der Waals surface area contributed by atoms with E-state index in [1.54, 1.807) is 13.8 Å². The Hall–Kier alpha value is -2.85. The molecule has 0 aliphatic heterocycles. The molecule has 1 amide bonds. The van der Waals surface area contributed by atoms with Crippen LogP contribution in [0.2, 0.25) is 0 Å². The molecule has 0 spiro atoms. The lowest BCUT2D eigenvalue weighted by Gasteiger charge is -2.16. The first-order valence-electron chi connectivity index (χ1n) is 7.98. The minimum atomic E-state index is -5.05. The number of carbonyl (C=O) groups is 1. The number of carbonyl (C=O) groups excluding carboxylic acids is 1. The van der Waals surface area contributed by atoms with Gasteiger partial charge in [-0.25, -0.2) is 18.2 Å². The standard InChI is InChI=1S/C17H15F6N3O2/c1-7(2)16(28)24-6-8-3-4-9(17(21,22)23)12(13(8)18)15-25-10(14(19)20)5-11(27)26-15/h3-5,7,14H,6H2,1-2H3,(H,24,28)(H,25,26,27). The third-order valence-electron chi connectivity index (χ3n) is 3.73. The molecule has 1 aromatic heterocycles. The largest absolute Gasteiger partial charge is 0.417 e. The van der Waals surface area contributed by atoms with Gasteiger partial charge >= 0.3 is 6.18 Å². The van der Waals surface area contributed by atoms with Gasteiger partial charge in [-0.15, -0.1) is 0 Å². The maximum Gasteiger partial charge on any atom is 0.417 e. The number of hydrogen-bond donors (Lipinski definition) is 2. The Labute approximate surface area is 154 Å². The minimum Gasteiger partial charge on any atom is -0.352 e. The van der Waals surface area contributed by atoms with Gasteiger partial charge in [-0.1, -0.05) is 19.9 Å². The summed E-state index contributed by atoms with van der Waals surface area (Å²) in [5, 5.41) is 2.34. The molecule has 28 heavy (non-hydrogen) atoms. The lowest BCUT2D eigenvalue weighted by atomic mass is 10.0. The monoisotopic (exact) mass is 407 g/mol. The van der Waals surface area contributed by atoms with Crippen molar-refractivity contribution in [1.82, 2.24) is 15.3 Å². The summed E-state index contributed by atoms with van der Waals surface area (Å²) >= 11 is 0. The second-order valence-electron chi connectivity index (χ2n) is 6.15. The molecule has 0 saturated carbocycles. The summed E-state index contributed by atoms with van der Waals surface area (Å²) in [4.78, 5) is 28.3. The van der Waals surface area contributed by atoms with Crippen molar-refractivity contribution in [3.63, 3.8) is 0 Å². The first kappa shape index (κ1) is 21.5. The fourth-order valence-corrected chi connectivity index (χ4v) is 2.32. The van der Waals surface area contributed by atoms with Crippen molar-refractivity contribution in [2.24, 2.45) is 5.92 Å². The number of H-pyrrole nitrogens is 1. The van der Waals surface area contributed by atoms with Crippen molar-refractivity contribution in [3.8, 4) is 11.4 Å². The lowest BCUT2D eigenvalue weighted by molar-refractivity contribution is -0.137. The molecule has 1 aromatic carbocycles. The van der Waals surface area contributed by atoms with E-state index in [0.717, 1.165) is 6.07 Å². The van der Waals surface area contributed by atoms with Crippen LogP contribution in [0.25, 0.3) is 11.4 Å². The summed E-state index contributed by atoms with van der Waals surface area (Å²) in [7, 11) is 0. The molecule has 5 nitrogen and oxygen atoms in total. The third kappa shape index (κ3) is 4.70. The van der Waals surface area contributed by atoms with Crippen LogP contribution >= 0.6 is 0 Å². The second kappa shape index (κ2) is 8.03. The smallest absolute Gasteiger partial charge is 0.352 e. The predicted octanol–water partition coefficient (Wildman–Crippen LogP) is 3.80. The van der Waals surface area contributed by atoms with Gasteiger partial charge in [-0.2, -0.15) is 13.2 Å². The van der Waals surface area contributed by atoms with Crippen molar-refractivity contribution in [1.29, 1.82) is 0 Å². The second-order valence-corrected chi connectivity index (χ2v) is 6.15. The zero-order valence-electron chi connectivity index (χ0n) is 14.6. The number of rotatable bonds is 5. The van der Waals surface area contributed by atoms with E-state index in [9.17, 15) is 35.9 Å². The predicted molar refractivity (Wildman–Crippen MR) is 86.9 cm³/mol. The highest BCUT2D eigenvalue weighted by Crippen LogP contribution is 2.38. The van der Waals surface area contributed by atoms with Crippen molar-refractivity contribution in [2.75, 3.05) is 0 Å². The van der Waals surface area contributed by atoms with Crippen LogP contribution in [0.4, 0.5) is 26.3 Å². The molecule has 0 aliphatic carbocycles.